The summed E-state index contributed by atoms with van der Waals surface area (Å²) in [6, 6.07) is 6.33. The van der Waals surface area contributed by atoms with Crippen molar-refractivity contribution < 1.29 is 8.42 Å². The lowest BCUT2D eigenvalue weighted by Crippen LogP contribution is -2.39. The van der Waals surface area contributed by atoms with Crippen LogP contribution in [0.2, 0.25) is 0 Å². The van der Waals surface area contributed by atoms with Crippen LogP contribution < -0.4 is 10.0 Å². The highest BCUT2D eigenvalue weighted by molar-refractivity contribution is 7.89. The zero-order valence-corrected chi connectivity index (χ0v) is 10.3. The first-order valence-corrected chi connectivity index (χ1v) is 6.50. The smallest absolute Gasteiger partial charge is 0.240 e. The third-order valence-corrected chi connectivity index (χ3v) is 3.64. The van der Waals surface area contributed by atoms with Gasteiger partial charge in [0.2, 0.25) is 10.0 Å². The van der Waals surface area contributed by atoms with Crippen molar-refractivity contribution in [1.29, 1.82) is 0 Å². The molecular weight excluding hydrogens is 224 g/mol. The van der Waals surface area contributed by atoms with Gasteiger partial charge in [-0.15, -0.1) is 0 Å². The van der Waals surface area contributed by atoms with E-state index in [-0.39, 0.29) is 10.9 Å². The van der Waals surface area contributed by atoms with Crippen LogP contribution in [0.5, 0.6) is 0 Å². The monoisotopic (exact) mass is 241 g/mol. The highest BCUT2D eigenvalue weighted by atomic mass is 32.2. The number of sulfonamides is 1. The van der Waals surface area contributed by atoms with Gasteiger partial charge in [-0.2, -0.15) is 0 Å². The minimum atomic E-state index is -3.45. The van der Waals surface area contributed by atoms with Crippen LogP contribution in [0, 0.1) is 13.8 Å². The summed E-state index contributed by atoms with van der Waals surface area (Å²) in [4.78, 5) is 0.267. The molecule has 1 aromatic carbocycles. The fourth-order valence-corrected chi connectivity index (χ4v) is 2.45. The van der Waals surface area contributed by atoms with Gasteiger partial charge in [-0.3, -0.25) is 0 Å². The predicted molar refractivity (Wildman–Crippen MR) is 64.6 cm³/mol. The van der Waals surface area contributed by atoms with Gasteiger partial charge in [-0.25, -0.2) is 13.1 Å². The molecule has 1 aromatic rings. The molecule has 1 radical (unpaired) electrons. The Hall–Kier alpha value is -0.910. The minimum absolute atomic E-state index is 0.267. The Morgan fingerprint density at radius 1 is 1.31 bits per heavy atom. The largest absolute Gasteiger partial charge is 0.318 e. The first-order chi connectivity index (χ1) is 7.45. The highest BCUT2D eigenvalue weighted by Gasteiger charge is 2.16. The maximum atomic E-state index is 11.8. The van der Waals surface area contributed by atoms with E-state index in [2.05, 4.69) is 17.0 Å². The maximum Gasteiger partial charge on any atom is 0.240 e. The lowest BCUT2D eigenvalue weighted by Gasteiger charge is -2.13. The normalized spacial score (nSPS) is 13.7. The Labute approximate surface area is 97.1 Å². The topological polar surface area (TPSA) is 58.2 Å². The van der Waals surface area contributed by atoms with Gasteiger partial charge in [0.05, 0.1) is 4.90 Å². The Bertz CT molecular complexity index is 426. The standard InChI is InChI=1S/C11H17N2O2S/c1-9-4-6-11(7-5-9)16(14,15)13-10(2)8-12-3/h4-7,10,12-13H,2,8H2,1,3H3. The van der Waals surface area contributed by atoms with E-state index >= 15 is 0 Å². The molecule has 2 N–H and O–H groups in total. The van der Waals surface area contributed by atoms with Crippen molar-refractivity contribution in [3.8, 4) is 0 Å². The average molecular weight is 241 g/mol. The summed E-state index contributed by atoms with van der Waals surface area (Å²) in [5, 5.41) is 2.86. The fourth-order valence-electron chi connectivity index (χ4n) is 1.29. The molecule has 89 valence electrons. The quantitative estimate of drug-likeness (QED) is 0.797. The van der Waals surface area contributed by atoms with Crippen LogP contribution in [0.1, 0.15) is 5.56 Å². The van der Waals surface area contributed by atoms with E-state index in [9.17, 15) is 8.42 Å². The number of benzene rings is 1. The molecule has 4 nitrogen and oxygen atoms in total. The Balaban J connectivity index is 2.82. The molecule has 0 heterocycles. The van der Waals surface area contributed by atoms with Crippen LogP contribution in [-0.4, -0.2) is 28.1 Å². The van der Waals surface area contributed by atoms with E-state index in [1.807, 2.05) is 6.92 Å². The maximum absolute atomic E-state index is 11.8. The summed E-state index contributed by atoms with van der Waals surface area (Å²) in [5.74, 6) is 0. The Morgan fingerprint density at radius 3 is 2.38 bits per heavy atom. The number of aryl methyl sites for hydroxylation is 1. The molecule has 0 saturated heterocycles. The van der Waals surface area contributed by atoms with E-state index < -0.39 is 10.0 Å². The highest BCUT2D eigenvalue weighted by Crippen LogP contribution is 2.10. The van der Waals surface area contributed by atoms with Crippen molar-refractivity contribution in [2.24, 2.45) is 0 Å². The van der Waals surface area contributed by atoms with Crippen LogP contribution in [-0.2, 0) is 10.0 Å². The molecule has 1 rings (SSSR count). The summed E-state index contributed by atoms with van der Waals surface area (Å²) >= 11 is 0. The van der Waals surface area contributed by atoms with Gasteiger partial charge in [-0.1, -0.05) is 17.7 Å². The second-order valence-electron chi connectivity index (χ2n) is 3.69. The Morgan fingerprint density at radius 2 is 1.88 bits per heavy atom. The predicted octanol–water partition coefficient (Wildman–Crippen LogP) is 0.695. The second-order valence-corrected chi connectivity index (χ2v) is 5.40. The molecular formula is C11H17N2O2S. The van der Waals surface area contributed by atoms with Crippen molar-refractivity contribution in [3.05, 3.63) is 36.8 Å². The zero-order chi connectivity index (χ0) is 12.2. The first-order valence-electron chi connectivity index (χ1n) is 5.02. The lowest BCUT2D eigenvalue weighted by molar-refractivity contribution is 0.563. The van der Waals surface area contributed by atoms with Crippen LogP contribution in [0.3, 0.4) is 0 Å². The second kappa shape index (κ2) is 5.43. The molecule has 1 unspecified atom stereocenters. The van der Waals surface area contributed by atoms with Gasteiger partial charge in [0, 0.05) is 12.6 Å². The first kappa shape index (κ1) is 13.2. The van der Waals surface area contributed by atoms with Crippen molar-refractivity contribution in [2.75, 3.05) is 13.6 Å². The fraction of sp³-hybridized carbons (Fsp3) is 0.364. The SMILES string of the molecule is [CH2]C(CNC)NS(=O)(=O)c1ccc(C)cc1. The van der Waals surface area contributed by atoms with E-state index in [1.165, 1.54) is 0 Å². The van der Waals surface area contributed by atoms with Gasteiger partial charge in [0.1, 0.15) is 0 Å². The third-order valence-electron chi connectivity index (χ3n) is 2.10. The third kappa shape index (κ3) is 3.59. The van der Waals surface area contributed by atoms with Crippen molar-refractivity contribution >= 4 is 10.0 Å². The molecule has 0 amide bonds. The number of likely N-dealkylation sites (N-methyl/N-ethyl adjacent to an activating group) is 1. The van der Waals surface area contributed by atoms with Crippen molar-refractivity contribution in [2.45, 2.75) is 17.9 Å². The van der Waals surface area contributed by atoms with Crippen LogP contribution in [0.15, 0.2) is 29.2 Å². The molecule has 0 aromatic heterocycles. The molecule has 0 bridgehead atoms. The van der Waals surface area contributed by atoms with E-state index in [4.69, 9.17) is 0 Å². The summed E-state index contributed by atoms with van der Waals surface area (Å²) < 4.78 is 26.2. The lowest BCUT2D eigenvalue weighted by atomic mass is 10.2. The van der Waals surface area contributed by atoms with Crippen molar-refractivity contribution in [3.63, 3.8) is 0 Å². The zero-order valence-electron chi connectivity index (χ0n) is 9.53. The van der Waals surface area contributed by atoms with E-state index in [0.717, 1.165) is 5.56 Å². The van der Waals surface area contributed by atoms with Crippen molar-refractivity contribution in [1.82, 2.24) is 10.0 Å². The van der Waals surface area contributed by atoms with Gasteiger partial charge in [-0.05, 0) is 33.0 Å². The number of hydrogen-bond acceptors (Lipinski definition) is 3. The molecule has 0 aliphatic rings. The molecule has 0 spiro atoms. The summed E-state index contributed by atoms with van der Waals surface area (Å²) in [7, 11) is -1.70. The molecule has 0 saturated carbocycles. The summed E-state index contributed by atoms with van der Waals surface area (Å²) in [6.07, 6.45) is 0. The van der Waals surface area contributed by atoms with E-state index in [0.29, 0.717) is 6.54 Å². The van der Waals surface area contributed by atoms with Crippen LogP contribution in [0.25, 0.3) is 0 Å². The molecule has 0 fully saturated rings. The van der Waals surface area contributed by atoms with Gasteiger partial charge in [0.15, 0.2) is 0 Å². The molecule has 16 heavy (non-hydrogen) atoms. The number of rotatable bonds is 5. The average Bonchev–Trinajstić information content (AvgIpc) is 2.17. The minimum Gasteiger partial charge on any atom is -0.318 e. The van der Waals surface area contributed by atoms with Gasteiger partial charge >= 0.3 is 0 Å². The Kier molecular flexibility index (Phi) is 4.46. The van der Waals surface area contributed by atoms with Gasteiger partial charge in [0.25, 0.3) is 0 Å². The summed E-state index contributed by atoms with van der Waals surface area (Å²) in [5.41, 5.74) is 1.03. The number of hydrogen-bond donors (Lipinski definition) is 2. The van der Waals surface area contributed by atoms with E-state index in [1.54, 1.807) is 31.3 Å². The van der Waals surface area contributed by atoms with Gasteiger partial charge < -0.3 is 5.32 Å². The molecule has 5 heteroatoms. The number of nitrogens with one attached hydrogen (secondary N) is 2. The van der Waals surface area contributed by atoms with Crippen LogP contribution >= 0.6 is 0 Å². The molecule has 0 aliphatic heterocycles. The van der Waals surface area contributed by atoms with Crippen LogP contribution in [0.4, 0.5) is 0 Å². The molecule has 1 atom stereocenters. The summed E-state index contributed by atoms with van der Waals surface area (Å²) in [6.45, 7) is 6.11. The molecule has 0 aliphatic carbocycles.